The van der Waals surface area contributed by atoms with Gasteiger partial charge < -0.3 is 5.11 Å². The summed E-state index contributed by atoms with van der Waals surface area (Å²) >= 11 is 12.0. The van der Waals surface area contributed by atoms with E-state index in [0.29, 0.717) is 6.42 Å². The molecule has 2 N–H and O–H groups in total. The van der Waals surface area contributed by atoms with Crippen molar-refractivity contribution in [2.24, 2.45) is 11.3 Å². The summed E-state index contributed by atoms with van der Waals surface area (Å²) in [6, 6.07) is 8.24. The number of nitrogens with one attached hydrogen (secondary N) is 1. The van der Waals surface area contributed by atoms with Gasteiger partial charge in [0.25, 0.3) is 0 Å². The second kappa shape index (κ2) is 9.21. The van der Waals surface area contributed by atoms with E-state index in [1.165, 1.54) is 30.3 Å². The number of hydrogen-bond acceptors (Lipinski definition) is 3. The van der Waals surface area contributed by atoms with E-state index in [0.717, 1.165) is 6.07 Å². The lowest BCUT2D eigenvalue weighted by molar-refractivity contribution is -0.139. The minimum absolute atomic E-state index is 0.0282. The van der Waals surface area contributed by atoms with E-state index in [1.807, 2.05) is 27.7 Å². The smallest absolute Gasteiger partial charge is 0.321 e. The lowest BCUT2D eigenvalue weighted by Crippen LogP contribution is -2.46. The summed E-state index contributed by atoms with van der Waals surface area (Å²) in [5, 5.41) is 23.7. The summed E-state index contributed by atoms with van der Waals surface area (Å²) in [5.41, 5.74) is -2.16. The molecule has 3 rings (SSSR count). The third-order valence-corrected chi connectivity index (χ3v) is 7.72. The van der Waals surface area contributed by atoms with Crippen LogP contribution in [0.4, 0.5) is 8.78 Å². The Kier molecular flexibility index (Phi) is 7.10. The first-order chi connectivity index (χ1) is 15.4. The van der Waals surface area contributed by atoms with Crippen molar-refractivity contribution < 1.29 is 18.7 Å². The molecule has 1 unspecified atom stereocenters. The van der Waals surface area contributed by atoms with Crippen LogP contribution < -0.4 is 5.32 Å². The first-order valence-electron chi connectivity index (χ1n) is 10.7. The first kappa shape index (κ1) is 25.4. The van der Waals surface area contributed by atoms with Gasteiger partial charge >= 0.3 is 5.97 Å². The van der Waals surface area contributed by atoms with Gasteiger partial charge in [-0.25, -0.2) is 8.78 Å². The van der Waals surface area contributed by atoms with Crippen molar-refractivity contribution in [3.05, 3.63) is 69.2 Å². The number of nitrogens with zero attached hydrogens (tertiary/aromatic N) is 1. The largest absolute Gasteiger partial charge is 0.480 e. The van der Waals surface area contributed by atoms with E-state index < -0.39 is 41.0 Å². The van der Waals surface area contributed by atoms with Crippen LogP contribution in [-0.4, -0.2) is 23.2 Å². The molecule has 0 saturated carbocycles. The molecule has 2 aromatic rings. The summed E-state index contributed by atoms with van der Waals surface area (Å²) in [7, 11) is 0. The molecule has 1 saturated heterocycles. The molecule has 176 valence electrons. The fourth-order valence-electron chi connectivity index (χ4n) is 4.69. The van der Waals surface area contributed by atoms with E-state index in [1.54, 1.807) is 0 Å². The number of aliphatic carboxylic acids is 1. The van der Waals surface area contributed by atoms with Gasteiger partial charge in [0.1, 0.15) is 23.1 Å². The Morgan fingerprint density at radius 3 is 2.48 bits per heavy atom. The Bertz CT molecular complexity index is 1120. The molecule has 1 fully saturated rings. The fourth-order valence-corrected chi connectivity index (χ4v) is 5.03. The maximum Gasteiger partial charge on any atom is 0.321 e. The zero-order valence-corrected chi connectivity index (χ0v) is 20.3. The van der Waals surface area contributed by atoms with Gasteiger partial charge in [0.2, 0.25) is 0 Å². The zero-order valence-electron chi connectivity index (χ0n) is 18.8. The average Bonchev–Trinajstić information content (AvgIpc) is 3.04. The molecule has 2 aromatic carbocycles. The summed E-state index contributed by atoms with van der Waals surface area (Å²) in [4.78, 5) is 12.4. The molecule has 0 amide bonds. The minimum atomic E-state index is -1.74. The molecule has 0 spiro atoms. The molecular weight excluding hydrogens is 469 g/mol. The highest BCUT2D eigenvalue weighted by Crippen LogP contribution is 2.53. The number of carboxylic acid groups (broad SMARTS) is 1. The molecule has 1 aliphatic heterocycles. The van der Waals surface area contributed by atoms with Crippen LogP contribution in [-0.2, 0) is 10.2 Å². The van der Waals surface area contributed by atoms with Gasteiger partial charge in [-0.05, 0) is 41.5 Å². The number of carboxylic acids is 1. The van der Waals surface area contributed by atoms with Crippen LogP contribution in [0.25, 0.3) is 0 Å². The molecule has 4 nitrogen and oxygen atoms in total. The predicted octanol–water partition coefficient (Wildman–Crippen LogP) is 6.31. The van der Waals surface area contributed by atoms with E-state index in [4.69, 9.17) is 23.2 Å². The van der Waals surface area contributed by atoms with Gasteiger partial charge in [-0.3, -0.25) is 10.1 Å². The molecule has 0 radical (unpaired) electrons. The molecule has 8 heteroatoms. The Labute approximate surface area is 202 Å². The summed E-state index contributed by atoms with van der Waals surface area (Å²) in [6.45, 7) is 8.05. The second-order valence-electron chi connectivity index (χ2n) is 9.61. The monoisotopic (exact) mass is 494 g/mol. The third kappa shape index (κ3) is 4.35. The Morgan fingerprint density at radius 2 is 1.94 bits per heavy atom. The topological polar surface area (TPSA) is 73.1 Å². The summed E-state index contributed by atoms with van der Waals surface area (Å²) < 4.78 is 30.6. The van der Waals surface area contributed by atoms with E-state index >= 15 is 8.78 Å². The number of nitriles is 1. The SMILES string of the molecule is CC(C)C(C)(C)CC1N[C@@H](C(=O)O)[C@H](c2cccc(Cl)c2F)[C@]1(C#N)c1ccc(Cl)cc1F. The molecule has 4 atom stereocenters. The predicted molar refractivity (Wildman–Crippen MR) is 124 cm³/mol. The number of halogens is 4. The Hall–Kier alpha value is -2.20. The maximum absolute atomic E-state index is 15.4. The van der Waals surface area contributed by atoms with Gasteiger partial charge in [-0.2, -0.15) is 5.26 Å². The van der Waals surface area contributed by atoms with Crippen molar-refractivity contribution in [1.82, 2.24) is 5.32 Å². The lowest BCUT2D eigenvalue weighted by Gasteiger charge is -2.39. The number of rotatable bonds is 6. The van der Waals surface area contributed by atoms with Gasteiger partial charge in [0, 0.05) is 22.5 Å². The normalized spacial score (nSPS) is 25.3. The number of carbonyl (C=O) groups is 1. The average molecular weight is 495 g/mol. The molecule has 0 aromatic heterocycles. The van der Waals surface area contributed by atoms with Gasteiger partial charge in [-0.15, -0.1) is 0 Å². The van der Waals surface area contributed by atoms with Crippen LogP contribution in [0.3, 0.4) is 0 Å². The van der Waals surface area contributed by atoms with Crippen molar-refractivity contribution >= 4 is 29.2 Å². The van der Waals surface area contributed by atoms with Crippen LogP contribution in [0.15, 0.2) is 36.4 Å². The fraction of sp³-hybridized carbons (Fsp3) is 0.440. The van der Waals surface area contributed by atoms with Crippen molar-refractivity contribution in [3.8, 4) is 6.07 Å². The highest BCUT2D eigenvalue weighted by molar-refractivity contribution is 6.31. The highest BCUT2D eigenvalue weighted by atomic mass is 35.5. The van der Waals surface area contributed by atoms with Crippen molar-refractivity contribution in [2.75, 3.05) is 0 Å². The van der Waals surface area contributed by atoms with Gasteiger partial charge in [0.15, 0.2) is 0 Å². The quantitative estimate of drug-likeness (QED) is 0.493. The minimum Gasteiger partial charge on any atom is -0.480 e. The van der Waals surface area contributed by atoms with Crippen LogP contribution in [0.2, 0.25) is 10.0 Å². The van der Waals surface area contributed by atoms with Gasteiger partial charge in [-0.1, -0.05) is 69.1 Å². The third-order valence-electron chi connectivity index (χ3n) is 7.19. The van der Waals surface area contributed by atoms with Gasteiger partial charge in [0.05, 0.1) is 11.1 Å². The van der Waals surface area contributed by atoms with Crippen molar-refractivity contribution in [3.63, 3.8) is 0 Å². The maximum atomic E-state index is 15.4. The second-order valence-corrected chi connectivity index (χ2v) is 10.5. The van der Waals surface area contributed by atoms with Crippen LogP contribution in [0.5, 0.6) is 0 Å². The van der Waals surface area contributed by atoms with Crippen LogP contribution in [0.1, 0.15) is 51.2 Å². The summed E-state index contributed by atoms with van der Waals surface area (Å²) in [5.74, 6) is -3.91. The molecule has 0 aliphatic carbocycles. The first-order valence-corrected chi connectivity index (χ1v) is 11.4. The molecule has 1 heterocycles. The number of hydrogen-bond donors (Lipinski definition) is 2. The summed E-state index contributed by atoms with van der Waals surface area (Å²) in [6.07, 6.45) is 0.350. The van der Waals surface area contributed by atoms with E-state index in [9.17, 15) is 15.2 Å². The van der Waals surface area contributed by atoms with E-state index in [2.05, 4.69) is 11.4 Å². The Balaban J connectivity index is 2.37. The van der Waals surface area contributed by atoms with Crippen molar-refractivity contribution in [1.29, 1.82) is 5.26 Å². The van der Waals surface area contributed by atoms with E-state index in [-0.39, 0.29) is 32.5 Å². The molecular formula is C25H26Cl2F2N2O2. The molecule has 1 aliphatic rings. The Morgan fingerprint density at radius 1 is 1.27 bits per heavy atom. The molecule has 0 bridgehead atoms. The van der Waals surface area contributed by atoms with Crippen LogP contribution >= 0.6 is 23.2 Å². The zero-order chi connectivity index (χ0) is 24.7. The standard InChI is InChI=1S/C25H26Cl2F2N2O2/c1-13(2)24(3,4)11-19-25(12-30,16-9-8-14(26)10-18(16)28)20(22(31-19)23(32)33)15-6-5-7-17(27)21(15)29/h5-10,13,19-20,22,31H,11H2,1-4H3,(H,32,33)/t19?,20-,22+,25+/m0/s1. The molecule has 33 heavy (non-hydrogen) atoms. The lowest BCUT2D eigenvalue weighted by atomic mass is 9.61. The number of benzene rings is 2. The van der Waals surface area contributed by atoms with Crippen molar-refractivity contribution in [2.45, 2.75) is 57.5 Å². The highest BCUT2D eigenvalue weighted by Gasteiger charge is 2.61. The van der Waals surface area contributed by atoms with Crippen LogP contribution in [0, 0.1) is 34.3 Å².